The molecule has 0 aliphatic rings. The van der Waals surface area contributed by atoms with Crippen LogP contribution in [-0.4, -0.2) is 25.0 Å². The third kappa shape index (κ3) is 3.54. The molecule has 0 bridgehead atoms. The summed E-state index contributed by atoms with van der Waals surface area (Å²) in [4.78, 5) is 7.59. The summed E-state index contributed by atoms with van der Waals surface area (Å²) in [7, 11) is 1.58. The highest BCUT2D eigenvalue weighted by Crippen LogP contribution is 2.26. The van der Waals surface area contributed by atoms with Gasteiger partial charge in [-0.2, -0.15) is 14.5 Å². The molecule has 0 spiro atoms. The summed E-state index contributed by atoms with van der Waals surface area (Å²) in [5.74, 6) is -0.0268. The molecule has 0 aliphatic carbocycles. The van der Waals surface area contributed by atoms with Gasteiger partial charge >= 0.3 is 0 Å². The smallest absolute Gasteiger partial charge is 0.242 e. The number of allylic oxidation sites excluding steroid dienone is 1. The van der Waals surface area contributed by atoms with Gasteiger partial charge in [-0.1, -0.05) is 24.8 Å². The Hall–Kier alpha value is -3.02. The van der Waals surface area contributed by atoms with E-state index in [0.717, 1.165) is 0 Å². The fourth-order valence-electron chi connectivity index (χ4n) is 1.76. The molecule has 1 aromatic carbocycles. The molecule has 2 aromatic rings. The molecule has 0 N–H and O–H groups in total. The van der Waals surface area contributed by atoms with Gasteiger partial charge in [-0.25, -0.2) is 5.01 Å². The maximum absolute atomic E-state index is 14.2. The van der Waals surface area contributed by atoms with E-state index in [1.165, 1.54) is 17.3 Å². The lowest BCUT2D eigenvalue weighted by Crippen LogP contribution is -2.17. The van der Waals surface area contributed by atoms with Crippen molar-refractivity contribution in [3.05, 3.63) is 60.7 Å². The molecule has 6 heteroatoms. The minimum atomic E-state index is -0.744. The molecular weight excluding hydrogens is 283 g/mol. The molecule has 0 atom stereocenters. The lowest BCUT2D eigenvalue weighted by molar-refractivity contribution is 0.445. The zero-order valence-electron chi connectivity index (χ0n) is 12.1. The first-order chi connectivity index (χ1) is 10.7. The van der Waals surface area contributed by atoms with Crippen molar-refractivity contribution in [2.45, 2.75) is 0 Å². The second-order valence-electron chi connectivity index (χ2n) is 4.21. The Bertz CT molecular complexity index is 701. The zero-order chi connectivity index (χ0) is 15.9. The molecule has 0 radical (unpaired) electrons. The van der Waals surface area contributed by atoms with Crippen LogP contribution in [0.25, 0.3) is 0 Å². The first-order valence-corrected chi connectivity index (χ1v) is 6.43. The molecule has 112 valence electrons. The Morgan fingerprint density at radius 3 is 2.59 bits per heavy atom. The summed E-state index contributed by atoms with van der Waals surface area (Å²) < 4.78 is 19.7. The van der Waals surface area contributed by atoms with Gasteiger partial charge < -0.3 is 4.74 Å². The topological polar surface area (TPSA) is 50.1 Å². The number of halogens is 1. The lowest BCUT2D eigenvalue weighted by Gasteiger charge is -2.18. The van der Waals surface area contributed by atoms with Crippen LogP contribution in [0, 0.1) is 5.95 Å². The van der Waals surface area contributed by atoms with Gasteiger partial charge in [0, 0.05) is 26.0 Å². The van der Waals surface area contributed by atoms with E-state index in [1.54, 1.807) is 25.2 Å². The number of aliphatic imine (C=N–C) groups is 1. The molecule has 0 saturated carbocycles. The van der Waals surface area contributed by atoms with E-state index in [4.69, 9.17) is 4.74 Å². The van der Waals surface area contributed by atoms with Gasteiger partial charge in [0.1, 0.15) is 11.4 Å². The second kappa shape index (κ2) is 7.12. The average Bonchev–Trinajstić information content (AvgIpc) is 2.51. The summed E-state index contributed by atoms with van der Waals surface area (Å²) in [6.45, 7) is 7.14. The Kier molecular flexibility index (Phi) is 4.98. The van der Waals surface area contributed by atoms with Crippen molar-refractivity contribution < 1.29 is 9.13 Å². The van der Waals surface area contributed by atoms with Gasteiger partial charge in [-0.3, -0.25) is 4.99 Å². The van der Waals surface area contributed by atoms with Crippen molar-refractivity contribution >= 4 is 18.6 Å². The largest absolute Gasteiger partial charge is 0.439 e. The number of hydrogen-bond donors (Lipinski definition) is 0. The monoisotopic (exact) mass is 298 g/mol. The van der Waals surface area contributed by atoms with Crippen LogP contribution in [0.4, 0.5) is 10.1 Å². The first-order valence-electron chi connectivity index (χ1n) is 6.43. The molecular formula is C16H15FN4O. The van der Waals surface area contributed by atoms with Crippen molar-refractivity contribution in [3.8, 4) is 11.6 Å². The fourth-order valence-corrected chi connectivity index (χ4v) is 1.76. The summed E-state index contributed by atoms with van der Waals surface area (Å²) in [6, 6.07) is 12.0. The third-order valence-corrected chi connectivity index (χ3v) is 2.69. The predicted octanol–water partition coefficient (Wildman–Crippen LogP) is 3.65. The van der Waals surface area contributed by atoms with Crippen molar-refractivity contribution in [1.82, 2.24) is 4.98 Å². The number of nitrogens with zero attached hydrogens (tertiary/aromatic N) is 4. The van der Waals surface area contributed by atoms with E-state index < -0.39 is 5.95 Å². The zero-order valence-corrected chi connectivity index (χ0v) is 12.1. The van der Waals surface area contributed by atoms with Crippen LogP contribution in [-0.2, 0) is 0 Å². The number of benzene rings is 1. The van der Waals surface area contributed by atoms with Gasteiger partial charge in [0.25, 0.3) is 0 Å². The van der Waals surface area contributed by atoms with Crippen molar-refractivity contribution in [2.75, 3.05) is 12.1 Å². The number of rotatable bonds is 6. The van der Waals surface area contributed by atoms with E-state index in [-0.39, 0.29) is 11.6 Å². The Morgan fingerprint density at radius 1 is 1.27 bits per heavy atom. The van der Waals surface area contributed by atoms with Crippen LogP contribution < -0.4 is 9.75 Å². The number of aromatic nitrogens is 1. The molecule has 0 fully saturated rings. The van der Waals surface area contributed by atoms with Crippen molar-refractivity contribution in [1.29, 1.82) is 0 Å². The molecule has 0 aliphatic heterocycles. The number of pyridine rings is 1. The van der Waals surface area contributed by atoms with Crippen LogP contribution >= 0.6 is 0 Å². The molecule has 0 amide bonds. The van der Waals surface area contributed by atoms with Gasteiger partial charge in [-0.15, -0.1) is 0 Å². The number of hydrogen-bond acceptors (Lipinski definition) is 5. The quantitative estimate of drug-likeness (QED) is 0.464. The van der Waals surface area contributed by atoms with Crippen molar-refractivity contribution in [3.63, 3.8) is 0 Å². The molecule has 22 heavy (non-hydrogen) atoms. The van der Waals surface area contributed by atoms with E-state index in [1.807, 2.05) is 18.2 Å². The summed E-state index contributed by atoms with van der Waals surface area (Å²) in [5.41, 5.74) is 0.482. The Morgan fingerprint density at radius 2 is 2.00 bits per heavy atom. The molecule has 5 nitrogen and oxygen atoms in total. The number of hydrazone groups is 1. The molecule has 2 rings (SSSR count). The number of para-hydroxylation sites is 1. The highest BCUT2D eigenvalue weighted by molar-refractivity contribution is 5.83. The van der Waals surface area contributed by atoms with Gasteiger partial charge in [-0.05, 0) is 18.2 Å². The second-order valence-corrected chi connectivity index (χ2v) is 4.21. The average molecular weight is 298 g/mol. The fraction of sp³-hybridized carbons (Fsp3) is 0.0625. The highest BCUT2D eigenvalue weighted by Gasteiger charge is 2.15. The lowest BCUT2D eigenvalue weighted by atomic mass is 10.3. The van der Waals surface area contributed by atoms with Crippen LogP contribution in [0.15, 0.2) is 64.8 Å². The van der Waals surface area contributed by atoms with Gasteiger partial charge in [0.2, 0.25) is 11.8 Å². The van der Waals surface area contributed by atoms with E-state index in [9.17, 15) is 4.39 Å². The Balaban J connectivity index is 2.25. The number of ether oxygens (including phenoxy) is 1. The van der Waals surface area contributed by atoms with E-state index >= 15 is 0 Å². The van der Waals surface area contributed by atoms with E-state index in [2.05, 4.69) is 28.4 Å². The van der Waals surface area contributed by atoms with Crippen LogP contribution in [0.1, 0.15) is 0 Å². The summed E-state index contributed by atoms with van der Waals surface area (Å²) in [5, 5.41) is 4.93. The summed E-state index contributed by atoms with van der Waals surface area (Å²) in [6.07, 6.45) is 1.45. The Labute approximate surface area is 128 Å². The number of anilines is 1. The maximum atomic E-state index is 14.2. The standard InChI is InChI=1S/C16H15FN4O/c1-12(11-18-2)21(19-3)14-9-10-15(20-16(14)17)22-13-7-5-4-6-8-13/h4-11H,1,3H2,2H3. The van der Waals surface area contributed by atoms with Crippen molar-refractivity contribution in [2.24, 2.45) is 10.1 Å². The normalized spacial score (nSPS) is 10.5. The van der Waals surface area contributed by atoms with Crippen LogP contribution in [0.3, 0.4) is 0 Å². The third-order valence-electron chi connectivity index (χ3n) is 2.69. The SMILES string of the molecule is C=NN(C(=C)C=NC)c1ccc(Oc2ccccc2)nc1F. The molecule has 0 saturated heterocycles. The first kappa shape index (κ1) is 15.4. The molecule has 0 unspecified atom stereocenters. The van der Waals surface area contributed by atoms with Gasteiger partial charge in [0.15, 0.2) is 0 Å². The van der Waals surface area contributed by atoms with Gasteiger partial charge in [0.05, 0.1) is 5.70 Å². The van der Waals surface area contributed by atoms with E-state index in [0.29, 0.717) is 11.4 Å². The predicted molar refractivity (Wildman–Crippen MR) is 86.3 cm³/mol. The maximum Gasteiger partial charge on any atom is 0.242 e. The highest BCUT2D eigenvalue weighted by atomic mass is 19.1. The minimum absolute atomic E-state index is 0.111. The molecule has 1 aromatic heterocycles. The minimum Gasteiger partial charge on any atom is -0.439 e. The summed E-state index contributed by atoms with van der Waals surface area (Å²) >= 11 is 0. The van der Waals surface area contributed by atoms with Crippen LogP contribution in [0.2, 0.25) is 0 Å². The molecule has 1 heterocycles. The van der Waals surface area contributed by atoms with Crippen LogP contribution in [0.5, 0.6) is 11.6 Å².